The van der Waals surface area contributed by atoms with E-state index < -0.39 is 5.82 Å². The van der Waals surface area contributed by atoms with E-state index in [2.05, 4.69) is 0 Å². The summed E-state index contributed by atoms with van der Waals surface area (Å²) in [5.41, 5.74) is 0.833. The van der Waals surface area contributed by atoms with Crippen LogP contribution >= 0.6 is 11.8 Å². The highest BCUT2D eigenvalue weighted by Gasteiger charge is 2.38. The molecule has 2 aliphatic rings. The Morgan fingerprint density at radius 2 is 1.96 bits per heavy atom. The quantitative estimate of drug-likeness (QED) is 0.832. The van der Waals surface area contributed by atoms with Crippen LogP contribution in [-0.2, 0) is 4.79 Å². The zero-order valence-corrected chi connectivity index (χ0v) is 13.6. The van der Waals surface area contributed by atoms with E-state index in [1.165, 1.54) is 11.0 Å². The molecule has 0 aromatic heterocycles. The summed E-state index contributed by atoms with van der Waals surface area (Å²) in [5, 5.41) is -0.194. The molecule has 2 fully saturated rings. The summed E-state index contributed by atoms with van der Waals surface area (Å²) in [6, 6.07) is 4.34. The molecule has 0 N–H and O–H groups in total. The number of thioether (sulfide) groups is 1. The molecule has 3 rings (SSSR count). The van der Waals surface area contributed by atoms with E-state index in [1.54, 1.807) is 24.0 Å². The molecule has 0 radical (unpaired) electrons. The van der Waals surface area contributed by atoms with Gasteiger partial charge in [-0.1, -0.05) is 17.8 Å². The van der Waals surface area contributed by atoms with Crippen LogP contribution in [0.4, 0.5) is 9.18 Å². The van der Waals surface area contributed by atoms with Crippen LogP contribution in [-0.4, -0.2) is 51.7 Å². The summed E-state index contributed by atoms with van der Waals surface area (Å²) in [4.78, 5) is 38.9. The first kappa shape index (κ1) is 16.0. The molecule has 23 heavy (non-hydrogen) atoms. The van der Waals surface area contributed by atoms with Crippen LogP contribution in [0.3, 0.4) is 0 Å². The van der Waals surface area contributed by atoms with Gasteiger partial charge in [0.2, 0.25) is 5.91 Å². The van der Waals surface area contributed by atoms with Crippen LogP contribution < -0.4 is 0 Å². The summed E-state index contributed by atoms with van der Waals surface area (Å²) in [5.74, 6) is -0.544. The molecule has 2 saturated heterocycles. The largest absolute Gasteiger partial charge is 0.338 e. The van der Waals surface area contributed by atoms with Crippen LogP contribution in [0.1, 0.15) is 28.8 Å². The molecule has 0 saturated carbocycles. The number of nitrogens with zero attached hydrogens (tertiary/aromatic N) is 2. The number of amides is 3. The van der Waals surface area contributed by atoms with Crippen molar-refractivity contribution in [2.45, 2.75) is 25.8 Å². The molecular formula is C16H17FN2O3S. The molecule has 0 bridgehead atoms. The Labute approximate surface area is 137 Å². The highest BCUT2D eigenvalue weighted by molar-refractivity contribution is 8.14. The van der Waals surface area contributed by atoms with E-state index in [4.69, 9.17) is 0 Å². The molecule has 0 spiro atoms. The lowest BCUT2D eigenvalue weighted by molar-refractivity contribution is -0.126. The predicted molar refractivity (Wildman–Crippen MR) is 84.8 cm³/mol. The minimum Gasteiger partial charge on any atom is -0.338 e. The Hall–Kier alpha value is -1.89. The van der Waals surface area contributed by atoms with Crippen molar-refractivity contribution in [2.24, 2.45) is 0 Å². The molecule has 122 valence electrons. The Morgan fingerprint density at radius 3 is 2.52 bits per heavy atom. The number of benzene rings is 1. The number of carbonyl (C=O) groups excluding carboxylic acids is 3. The van der Waals surface area contributed by atoms with E-state index in [9.17, 15) is 18.8 Å². The van der Waals surface area contributed by atoms with E-state index in [1.807, 2.05) is 0 Å². The first-order valence-corrected chi connectivity index (χ1v) is 8.50. The van der Waals surface area contributed by atoms with Crippen LogP contribution in [0.15, 0.2) is 18.2 Å². The van der Waals surface area contributed by atoms with Gasteiger partial charge >= 0.3 is 0 Å². The smallest absolute Gasteiger partial charge is 0.289 e. The Bertz CT molecular complexity index is 655. The third-order valence-electron chi connectivity index (χ3n) is 4.32. The molecule has 3 amide bonds. The number of aryl methyl sites for hydroxylation is 1. The highest BCUT2D eigenvalue weighted by atomic mass is 32.2. The molecule has 2 heterocycles. The number of likely N-dealkylation sites (tertiary alicyclic amines) is 1. The molecule has 0 aliphatic carbocycles. The lowest BCUT2D eigenvalue weighted by Crippen LogP contribution is -2.48. The molecule has 1 aromatic rings. The molecule has 0 unspecified atom stereocenters. The maximum Gasteiger partial charge on any atom is 0.289 e. The van der Waals surface area contributed by atoms with Gasteiger partial charge in [0.05, 0.1) is 5.75 Å². The fourth-order valence-corrected chi connectivity index (χ4v) is 3.73. The van der Waals surface area contributed by atoms with E-state index >= 15 is 0 Å². The van der Waals surface area contributed by atoms with Crippen molar-refractivity contribution in [2.75, 3.05) is 18.8 Å². The van der Waals surface area contributed by atoms with Crippen LogP contribution in [0.5, 0.6) is 0 Å². The minimum absolute atomic E-state index is 0.135. The normalized spacial score (nSPS) is 19.6. The van der Waals surface area contributed by atoms with Gasteiger partial charge in [0, 0.05) is 24.7 Å². The number of hydrogen-bond donors (Lipinski definition) is 0. The zero-order chi connectivity index (χ0) is 16.6. The lowest BCUT2D eigenvalue weighted by atomic mass is 10.0. The fraction of sp³-hybridized carbons (Fsp3) is 0.438. The highest BCUT2D eigenvalue weighted by Crippen LogP contribution is 2.27. The van der Waals surface area contributed by atoms with Crippen LogP contribution in [0, 0.1) is 12.7 Å². The minimum atomic E-state index is -0.393. The standard InChI is InChI=1S/C16H17FN2O3S/c1-10-2-3-11(8-13(10)17)15(21)18-6-4-12(5-7-18)19-14(20)9-23-16(19)22/h2-3,8,12H,4-7,9H2,1H3. The fourth-order valence-electron chi connectivity index (χ4n) is 2.95. The monoisotopic (exact) mass is 336 g/mol. The van der Waals surface area contributed by atoms with Gasteiger partial charge in [0.25, 0.3) is 11.1 Å². The maximum atomic E-state index is 13.6. The second-order valence-corrected chi connectivity index (χ2v) is 6.73. The van der Waals surface area contributed by atoms with Gasteiger partial charge in [0.1, 0.15) is 5.82 Å². The summed E-state index contributed by atoms with van der Waals surface area (Å²) in [7, 11) is 0. The van der Waals surface area contributed by atoms with E-state index in [-0.39, 0.29) is 28.8 Å². The van der Waals surface area contributed by atoms with Gasteiger partial charge in [-0.05, 0) is 37.5 Å². The van der Waals surface area contributed by atoms with Crippen molar-refractivity contribution in [1.82, 2.24) is 9.80 Å². The first-order chi connectivity index (χ1) is 11.0. The Morgan fingerprint density at radius 1 is 1.26 bits per heavy atom. The van der Waals surface area contributed by atoms with Gasteiger partial charge in [-0.2, -0.15) is 0 Å². The third-order valence-corrected chi connectivity index (χ3v) is 5.16. The van der Waals surface area contributed by atoms with E-state index in [0.717, 1.165) is 11.8 Å². The average molecular weight is 336 g/mol. The number of rotatable bonds is 2. The van der Waals surface area contributed by atoms with Crippen molar-refractivity contribution >= 4 is 28.8 Å². The summed E-state index contributed by atoms with van der Waals surface area (Å²) in [6.45, 7) is 2.57. The zero-order valence-electron chi connectivity index (χ0n) is 12.8. The molecule has 7 heteroatoms. The second kappa shape index (κ2) is 6.31. The van der Waals surface area contributed by atoms with Gasteiger partial charge in [0.15, 0.2) is 0 Å². The summed E-state index contributed by atoms with van der Waals surface area (Å²) < 4.78 is 13.6. The SMILES string of the molecule is Cc1ccc(C(=O)N2CCC(N3C(=O)CSC3=O)CC2)cc1F. The van der Waals surface area contributed by atoms with Crippen LogP contribution in [0.2, 0.25) is 0 Å². The third kappa shape index (κ3) is 3.10. The topological polar surface area (TPSA) is 57.7 Å². The number of piperidine rings is 1. The van der Waals surface area contributed by atoms with Crippen molar-refractivity contribution in [3.05, 3.63) is 35.1 Å². The van der Waals surface area contributed by atoms with Crippen molar-refractivity contribution in [3.63, 3.8) is 0 Å². The second-order valence-electron chi connectivity index (χ2n) is 5.81. The Balaban J connectivity index is 1.64. The average Bonchev–Trinajstić information content (AvgIpc) is 2.88. The first-order valence-electron chi connectivity index (χ1n) is 7.51. The predicted octanol–water partition coefficient (Wildman–Crippen LogP) is 2.43. The molecule has 2 aliphatic heterocycles. The molecule has 1 aromatic carbocycles. The summed E-state index contributed by atoms with van der Waals surface area (Å²) >= 11 is 1.03. The summed E-state index contributed by atoms with van der Waals surface area (Å²) in [6.07, 6.45) is 1.14. The van der Waals surface area contributed by atoms with Gasteiger partial charge in [-0.25, -0.2) is 4.39 Å². The Kier molecular flexibility index (Phi) is 4.39. The van der Waals surface area contributed by atoms with Crippen molar-refractivity contribution in [3.8, 4) is 0 Å². The van der Waals surface area contributed by atoms with Gasteiger partial charge in [-0.15, -0.1) is 0 Å². The molecule has 0 atom stereocenters. The van der Waals surface area contributed by atoms with Gasteiger partial charge < -0.3 is 4.90 Å². The van der Waals surface area contributed by atoms with E-state index in [0.29, 0.717) is 37.1 Å². The number of imide groups is 1. The molecule has 5 nitrogen and oxygen atoms in total. The molecular weight excluding hydrogens is 319 g/mol. The van der Waals surface area contributed by atoms with Gasteiger partial charge in [-0.3, -0.25) is 19.3 Å². The van der Waals surface area contributed by atoms with Crippen LogP contribution in [0.25, 0.3) is 0 Å². The maximum absolute atomic E-state index is 13.6. The number of carbonyl (C=O) groups is 3. The number of halogens is 1. The number of hydrogen-bond acceptors (Lipinski definition) is 4. The lowest BCUT2D eigenvalue weighted by Gasteiger charge is -2.35. The van der Waals surface area contributed by atoms with Crippen molar-refractivity contribution < 1.29 is 18.8 Å². The van der Waals surface area contributed by atoms with Crippen molar-refractivity contribution in [1.29, 1.82) is 0 Å².